The van der Waals surface area contributed by atoms with E-state index in [2.05, 4.69) is 4.85 Å². The number of ketones is 1. The van der Waals surface area contributed by atoms with E-state index in [0.717, 1.165) is 5.56 Å². The number of carbonyl (C=O) groups is 1. The second kappa shape index (κ2) is 3.77. The molecule has 1 aliphatic rings. The Hall–Kier alpha value is -2.17. The van der Waals surface area contributed by atoms with Crippen molar-refractivity contribution in [3.63, 3.8) is 0 Å². The Balaban J connectivity index is 2.83. The number of rotatable bonds is 0. The van der Waals surface area contributed by atoms with Gasteiger partial charge in [0.1, 0.15) is 0 Å². The maximum Gasteiger partial charge on any atom is 0.270 e. The lowest BCUT2D eigenvalue weighted by atomic mass is 10.0. The summed E-state index contributed by atoms with van der Waals surface area (Å²) in [5.74, 6) is -0.0844. The van der Waals surface area contributed by atoms with Crippen molar-refractivity contribution in [1.29, 1.82) is 5.26 Å². The average molecular weight is 226 g/mol. The van der Waals surface area contributed by atoms with Crippen molar-refractivity contribution in [3.8, 4) is 6.07 Å². The minimum atomic E-state index is -0.0844. The first kappa shape index (κ1) is 10.4. The summed E-state index contributed by atoms with van der Waals surface area (Å²) in [6, 6.07) is 3.63. The van der Waals surface area contributed by atoms with Crippen LogP contribution in [0.3, 0.4) is 0 Å². The van der Waals surface area contributed by atoms with Crippen molar-refractivity contribution in [2.45, 2.75) is 6.92 Å². The van der Waals surface area contributed by atoms with Crippen molar-refractivity contribution < 1.29 is 4.79 Å². The van der Waals surface area contributed by atoms with E-state index in [0.29, 0.717) is 16.0 Å². The average Bonchev–Trinajstić information content (AvgIpc) is 2.85. The van der Waals surface area contributed by atoms with Crippen LogP contribution in [0.15, 0.2) is 28.8 Å². The fourth-order valence-corrected chi connectivity index (χ4v) is 2.58. The van der Waals surface area contributed by atoms with E-state index < -0.39 is 0 Å². The molecule has 2 rings (SSSR count). The van der Waals surface area contributed by atoms with Crippen molar-refractivity contribution in [3.05, 3.63) is 50.7 Å². The lowest BCUT2D eigenvalue weighted by Crippen LogP contribution is -1.93. The second-order valence-electron chi connectivity index (χ2n) is 3.14. The van der Waals surface area contributed by atoms with Gasteiger partial charge >= 0.3 is 0 Å². The molecular formula is C12H6N2OS. The first-order valence-corrected chi connectivity index (χ1v) is 5.43. The van der Waals surface area contributed by atoms with Crippen LogP contribution in [0.1, 0.15) is 22.2 Å². The van der Waals surface area contributed by atoms with Gasteiger partial charge in [-0.15, -0.1) is 11.3 Å². The topological polar surface area (TPSA) is 45.2 Å². The molecule has 0 saturated heterocycles. The van der Waals surface area contributed by atoms with E-state index in [-0.39, 0.29) is 11.5 Å². The van der Waals surface area contributed by atoms with Crippen molar-refractivity contribution in [1.82, 2.24) is 0 Å². The zero-order valence-electron chi connectivity index (χ0n) is 8.44. The highest BCUT2D eigenvalue weighted by molar-refractivity contribution is 7.13. The molecule has 3 nitrogen and oxygen atoms in total. The monoisotopic (exact) mass is 226 g/mol. The molecule has 0 radical (unpaired) electrons. The molecule has 0 atom stereocenters. The van der Waals surface area contributed by atoms with E-state index in [9.17, 15) is 4.79 Å². The van der Waals surface area contributed by atoms with Crippen molar-refractivity contribution >= 4 is 22.7 Å². The molecule has 1 aliphatic carbocycles. The lowest BCUT2D eigenvalue weighted by Gasteiger charge is -1.98. The van der Waals surface area contributed by atoms with Gasteiger partial charge in [-0.2, -0.15) is 0 Å². The SMILES string of the molecule is [C-]#[N+]/C(C#N)=C1\C(=C\C)C(=O)c2sccc21. The third kappa shape index (κ3) is 1.21. The fraction of sp³-hybridized carbons (Fsp3) is 0.0833. The molecule has 16 heavy (non-hydrogen) atoms. The number of hydrogen-bond acceptors (Lipinski definition) is 3. The van der Waals surface area contributed by atoms with E-state index in [4.69, 9.17) is 11.8 Å². The van der Waals surface area contributed by atoms with E-state index >= 15 is 0 Å². The molecule has 0 fully saturated rings. The molecular weight excluding hydrogens is 220 g/mol. The van der Waals surface area contributed by atoms with Gasteiger partial charge in [0.15, 0.2) is 0 Å². The smallest absolute Gasteiger partial charge is 0.270 e. The number of thiophene rings is 1. The van der Waals surface area contributed by atoms with Gasteiger partial charge in [0.25, 0.3) is 5.70 Å². The molecule has 76 valence electrons. The van der Waals surface area contributed by atoms with Gasteiger partial charge in [0.05, 0.1) is 17.5 Å². The summed E-state index contributed by atoms with van der Waals surface area (Å²) in [7, 11) is 0. The Bertz CT molecular complexity index is 604. The number of Topliss-reactive ketones (excluding diaryl/α,β-unsaturated/α-hetero) is 1. The number of nitrogens with zero attached hydrogens (tertiary/aromatic N) is 2. The largest absolute Gasteiger partial charge is 0.288 e. The number of nitriles is 1. The molecule has 0 unspecified atom stereocenters. The summed E-state index contributed by atoms with van der Waals surface area (Å²) in [4.78, 5) is 15.7. The Kier molecular flexibility index (Phi) is 2.44. The standard InChI is InChI=1S/C12H6N2OS/c1-3-7-10(9(6-13)14-2)8-4-5-16-12(8)11(7)15/h3-5H,1H3/b7-3-,10-9+. The molecule has 4 heteroatoms. The minimum absolute atomic E-state index is 0.0152. The molecule has 0 amide bonds. The third-order valence-electron chi connectivity index (χ3n) is 2.40. The number of allylic oxidation sites excluding steroid dienone is 4. The molecule has 0 spiro atoms. The van der Waals surface area contributed by atoms with Gasteiger partial charge in [-0.25, -0.2) is 10.1 Å². The maximum atomic E-state index is 11.9. The number of carbonyl (C=O) groups excluding carboxylic acids is 1. The van der Waals surface area contributed by atoms with Crippen LogP contribution in [0.25, 0.3) is 10.4 Å². The lowest BCUT2D eigenvalue weighted by molar-refractivity contribution is 0.104. The molecule has 0 aliphatic heterocycles. The molecule has 0 saturated carbocycles. The maximum absolute atomic E-state index is 11.9. The highest BCUT2D eigenvalue weighted by atomic mass is 32.1. The van der Waals surface area contributed by atoms with Crippen LogP contribution >= 0.6 is 11.3 Å². The Morgan fingerprint density at radius 2 is 2.44 bits per heavy atom. The minimum Gasteiger partial charge on any atom is -0.288 e. The Labute approximate surface area is 96.8 Å². The summed E-state index contributed by atoms with van der Waals surface area (Å²) in [6.45, 7) is 8.70. The number of fused-ring (bicyclic) bond motifs is 1. The van der Waals surface area contributed by atoms with Crippen molar-refractivity contribution in [2.75, 3.05) is 0 Å². The fourth-order valence-electron chi connectivity index (χ4n) is 1.73. The van der Waals surface area contributed by atoms with E-state index in [1.165, 1.54) is 11.3 Å². The Morgan fingerprint density at radius 3 is 3.00 bits per heavy atom. The van der Waals surface area contributed by atoms with Crippen LogP contribution in [-0.4, -0.2) is 5.78 Å². The first-order valence-electron chi connectivity index (χ1n) is 4.55. The van der Waals surface area contributed by atoms with Gasteiger partial charge in [-0.1, -0.05) is 6.08 Å². The second-order valence-corrected chi connectivity index (χ2v) is 4.06. The van der Waals surface area contributed by atoms with Gasteiger partial charge in [0.2, 0.25) is 5.78 Å². The van der Waals surface area contributed by atoms with Gasteiger partial charge in [-0.3, -0.25) is 4.79 Å². The molecule has 0 aromatic carbocycles. The van der Waals surface area contributed by atoms with Crippen molar-refractivity contribution in [2.24, 2.45) is 0 Å². The molecule has 1 heterocycles. The zero-order chi connectivity index (χ0) is 11.7. The molecule has 0 N–H and O–H groups in total. The summed E-state index contributed by atoms with van der Waals surface area (Å²) in [6.07, 6.45) is 1.66. The normalized spacial score (nSPS) is 19.2. The first-order chi connectivity index (χ1) is 7.74. The van der Waals surface area contributed by atoms with Crippen LogP contribution in [-0.2, 0) is 0 Å². The zero-order valence-corrected chi connectivity index (χ0v) is 9.26. The quantitative estimate of drug-likeness (QED) is 0.387. The summed E-state index contributed by atoms with van der Waals surface area (Å²) in [5, 5.41) is 10.7. The summed E-state index contributed by atoms with van der Waals surface area (Å²) < 4.78 is 0. The molecule has 1 aromatic rings. The van der Waals surface area contributed by atoms with Gasteiger partial charge in [0, 0.05) is 11.1 Å². The Morgan fingerprint density at radius 1 is 1.69 bits per heavy atom. The van der Waals surface area contributed by atoms with E-state index in [1.807, 2.05) is 6.07 Å². The predicted octanol–water partition coefficient (Wildman–Crippen LogP) is 3.04. The van der Waals surface area contributed by atoms with Crippen LogP contribution in [0, 0.1) is 17.9 Å². The van der Waals surface area contributed by atoms with Gasteiger partial charge < -0.3 is 0 Å². The van der Waals surface area contributed by atoms with Gasteiger partial charge in [-0.05, 0) is 23.9 Å². The van der Waals surface area contributed by atoms with Crippen LogP contribution < -0.4 is 0 Å². The van der Waals surface area contributed by atoms with Crippen LogP contribution in [0.4, 0.5) is 0 Å². The van der Waals surface area contributed by atoms with Crippen LogP contribution in [0.2, 0.25) is 0 Å². The highest BCUT2D eigenvalue weighted by Crippen LogP contribution is 2.41. The molecule has 1 aromatic heterocycles. The summed E-state index contributed by atoms with van der Waals surface area (Å²) in [5.41, 5.74) is 1.66. The highest BCUT2D eigenvalue weighted by Gasteiger charge is 2.32. The van der Waals surface area contributed by atoms with E-state index in [1.54, 1.807) is 24.4 Å². The third-order valence-corrected chi connectivity index (χ3v) is 3.31. The predicted molar refractivity (Wildman–Crippen MR) is 61.5 cm³/mol. The number of hydrogen-bond donors (Lipinski definition) is 0. The molecule has 0 bridgehead atoms. The summed E-state index contributed by atoms with van der Waals surface area (Å²) >= 11 is 1.34. The van der Waals surface area contributed by atoms with Crippen LogP contribution in [0.5, 0.6) is 0 Å².